The van der Waals surface area contributed by atoms with Crippen molar-refractivity contribution in [1.82, 2.24) is 5.32 Å². The third-order valence-corrected chi connectivity index (χ3v) is 3.64. The summed E-state index contributed by atoms with van der Waals surface area (Å²) in [4.78, 5) is 0. The van der Waals surface area contributed by atoms with Crippen LogP contribution in [-0.2, 0) is 11.2 Å². The van der Waals surface area contributed by atoms with E-state index in [4.69, 9.17) is 4.74 Å². The highest BCUT2D eigenvalue weighted by Crippen LogP contribution is 2.20. The molecule has 18 heavy (non-hydrogen) atoms. The zero-order valence-corrected chi connectivity index (χ0v) is 12.9. The molecule has 102 valence electrons. The number of nitrogens with one attached hydrogen (secondary N) is 1. The van der Waals surface area contributed by atoms with Crippen molar-refractivity contribution < 1.29 is 9.13 Å². The van der Waals surface area contributed by atoms with Crippen molar-refractivity contribution in [3.05, 3.63) is 34.1 Å². The smallest absolute Gasteiger partial charge is 0.126 e. The van der Waals surface area contributed by atoms with Crippen LogP contribution in [0.4, 0.5) is 4.39 Å². The first-order valence-corrected chi connectivity index (χ1v) is 6.92. The Morgan fingerprint density at radius 2 is 2.06 bits per heavy atom. The topological polar surface area (TPSA) is 21.3 Å². The van der Waals surface area contributed by atoms with E-state index in [1.54, 1.807) is 13.2 Å². The van der Waals surface area contributed by atoms with Crippen molar-refractivity contribution in [1.29, 1.82) is 0 Å². The lowest BCUT2D eigenvalue weighted by molar-refractivity contribution is 0.0352. The van der Waals surface area contributed by atoms with Crippen LogP contribution in [0.3, 0.4) is 0 Å². The van der Waals surface area contributed by atoms with Crippen molar-refractivity contribution in [3.8, 4) is 0 Å². The van der Waals surface area contributed by atoms with Gasteiger partial charge in [0.2, 0.25) is 0 Å². The molecule has 2 unspecified atom stereocenters. The molecule has 1 aromatic rings. The highest BCUT2D eigenvalue weighted by Gasteiger charge is 2.24. The molecule has 0 aliphatic rings. The number of likely N-dealkylation sites (N-methyl/N-ethyl adjacent to an activating group) is 1. The lowest BCUT2D eigenvalue weighted by Gasteiger charge is -2.29. The largest absolute Gasteiger partial charge is 0.380 e. The van der Waals surface area contributed by atoms with Crippen LogP contribution in [0.15, 0.2) is 22.7 Å². The third-order valence-electron chi connectivity index (χ3n) is 3.14. The van der Waals surface area contributed by atoms with E-state index >= 15 is 0 Å². The van der Waals surface area contributed by atoms with Gasteiger partial charge in [-0.2, -0.15) is 0 Å². The fourth-order valence-corrected chi connectivity index (χ4v) is 2.63. The predicted molar refractivity (Wildman–Crippen MR) is 76.3 cm³/mol. The van der Waals surface area contributed by atoms with Crippen molar-refractivity contribution in [2.45, 2.75) is 32.4 Å². The molecule has 0 aliphatic carbocycles. The average molecular weight is 318 g/mol. The Hall–Kier alpha value is -0.450. The van der Waals surface area contributed by atoms with E-state index in [9.17, 15) is 4.39 Å². The first kappa shape index (κ1) is 15.6. The van der Waals surface area contributed by atoms with Crippen LogP contribution in [0.5, 0.6) is 0 Å². The van der Waals surface area contributed by atoms with Gasteiger partial charge in [-0.3, -0.25) is 0 Å². The zero-order chi connectivity index (χ0) is 13.7. The van der Waals surface area contributed by atoms with Crippen molar-refractivity contribution in [2.75, 3.05) is 14.2 Å². The number of halogens is 2. The standard InChI is InChI=1S/C14H21BrFNO/c1-9(2)14(18-4)13(17-3)8-10-7-11(15)5-6-12(10)16/h5-7,9,13-14,17H,8H2,1-4H3. The van der Waals surface area contributed by atoms with E-state index in [0.29, 0.717) is 17.9 Å². The van der Waals surface area contributed by atoms with Gasteiger partial charge in [0.05, 0.1) is 6.10 Å². The molecule has 0 radical (unpaired) electrons. The Balaban J connectivity index is 2.88. The molecule has 0 heterocycles. The predicted octanol–water partition coefficient (Wildman–Crippen LogP) is 3.39. The van der Waals surface area contributed by atoms with Gasteiger partial charge in [-0.05, 0) is 43.1 Å². The molecule has 0 bridgehead atoms. The lowest BCUT2D eigenvalue weighted by atomic mass is 9.94. The maximum absolute atomic E-state index is 13.7. The first-order valence-electron chi connectivity index (χ1n) is 6.13. The van der Waals surface area contributed by atoms with Crippen LogP contribution in [0, 0.1) is 11.7 Å². The van der Waals surface area contributed by atoms with Gasteiger partial charge < -0.3 is 10.1 Å². The van der Waals surface area contributed by atoms with Crippen molar-refractivity contribution in [2.24, 2.45) is 5.92 Å². The quantitative estimate of drug-likeness (QED) is 0.868. The Morgan fingerprint density at radius 3 is 2.56 bits per heavy atom. The lowest BCUT2D eigenvalue weighted by Crippen LogP contribution is -2.43. The van der Waals surface area contributed by atoms with E-state index < -0.39 is 0 Å². The highest BCUT2D eigenvalue weighted by molar-refractivity contribution is 9.10. The maximum Gasteiger partial charge on any atom is 0.126 e. The second-order valence-electron chi connectivity index (χ2n) is 4.78. The molecule has 0 saturated carbocycles. The molecule has 0 aliphatic heterocycles. The van der Waals surface area contributed by atoms with Gasteiger partial charge in [-0.15, -0.1) is 0 Å². The summed E-state index contributed by atoms with van der Waals surface area (Å²) in [6.07, 6.45) is 0.673. The Kier molecular flexibility index (Phi) is 6.26. The second kappa shape index (κ2) is 7.22. The van der Waals surface area contributed by atoms with E-state index in [1.807, 2.05) is 13.1 Å². The SMILES string of the molecule is CNC(Cc1cc(Br)ccc1F)C(OC)C(C)C. The van der Waals surface area contributed by atoms with Gasteiger partial charge in [-0.25, -0.2) is 4.39 Å². The number of benzene rings is 1. The Labute approximate surface area is 117 Å². The fraction of sp³-hybridized carbons (Fsp3) is 0.571. The summed E-state index contributed by atoms with van der Waals surface area (Å²) in [6, 6.07) is 5.12. The molecular formula is C14H21BrFNO. The summed E-state index contributed by atoms with van der Waals surface area (Å²) in [5, 5.41) is 3.22. The van der Waals surface area contributed by atoms with Gasteiger partial charge in [0.1, 0.15) is 5.82 Å². The van der Waals surface area contributed by atoms with E-state index in [-0.39, 0.29) is 18.0 Å². The van der Waals surface area contributed by atoms with Crippen LogP contribution >= 0.6 is 15.9 Å². The van der Waals surface area contributed by atoms with Gasteiger partial charge in [0, 0.05) is 17.6 Å². The summed E-state index contributed by atoms with van der Waals surface area (Å²) >= 11 is 3.37. The minimum Gasteiger partial charge on any atom is -0.380 e. The summed E-state index contributed by atoms with van der Waals surface area (Å²) < 4.78 is 20.2. The van der Waals surface area contributed by atoms with Crippen LogP contribution in [0.2, 0.25) is 0 Å². The molecule has 1 N–H and O–H groups in total. The molecule has 0 aromatic heterocycles. The molecular weight excluding hydrogens is 297 g/mol. The second-order valence-corrected chi connectivity index (χ2v) is 5.70. The summed E-state index contributed by atoms with van der Waals surface area (Å²) in [7, 11) is 3.58. The zero-order valence-electron chi connectivity index (χ0n) is 11.3. The molecule has 2 nitrogen and oxygen atoms in total. The molecule has 1 aromatic carbocycles. The van der Waals surface area contributed by atoms with Crippen LogP contribution in [-0.4, -0.2) is 26.3 Å². The number of hydrogen-bond acceptors (Lipinski definition) is 2. The minimum atomic E-state index is -0.169. The first-order chi connectivity index (χ1) is 8.49. The van der Waals surface area contributed by atoms with Crippen molar-refractivity contribution >= 4 is 15.9 Å². The highest BCUT2D eigenvalue weighted by atomic mass is 79.9. The molecule has 0 saturated heterocycles. The summed E-state index contributed by atoms with van der Waals surface area (Å²) in [5.74, 6) is 0.208. The van der Waals surface area contributed by atoms with Crippen LogP contribution < -0.4 is 5.32 Å². The summed E-state index contributed by atoms with van der Waals surface area (Å²) in [5.41, 5.74) is 0.700. The molecule has 4 heteroatoms. The number of hydrogen-bond donors (Lipinski definition) is 1. The van der Waals surface area contributed by atoms with Gasteiger partial charge in [0.25, 0.3) is 0 Å². The number of ether oxygens (including phenoxy) is 1. The van der Waals surface area contributed by atoms with Gasteiger partial charge >= 0.3 is 0 Å². The van der Waals surface area contributed by atoms with Crippen LogP contribution in [0.25, 0.3) is 0 Å². The van der Waals surface area contributed by atoms with E-state index in [2.05, 4.69) is 35.1 Å². The number of rotatable bonds is 6. The molecule has 0 fully saturated rings. The molecule has 0 amide bonds. The minimum absolute atomic E-state index is 0.0633. The van der Waals surface area contributed by atoms with E-state index in [1.165, 1.54) is 6.07 Å². The third kappa shape index (κ3) is 4.04. The normalized spacial score (nSPS) is 14.8. The van der Waals surface area contributed by atoms with Gasteiger partial charge in [-0.1, -0.05) is 29.8 Å². The molecule has 2 atom stereocenters. The Bertz CT molecular complexity index is 384. The molecule has 0 spiro atoms. The monoisotopic (exact) mass is 317 g/mol. The summed E-state index contributed by atoms with van der Waals surface area (Å²) in [6.45, 7) is 4.21. The number of methoxy groups -OCH3 is 1. The maximum atomic E-state index is 13.7. The average Bonchev–Trinajstić information content (AvgIpc) is 2.32. The van der Waals surface area contributed by atoms with Crippen LogP contribution in [0.1, 0.15) is 19.4 Å². The fourth-order valence-electron chi connectivity index (χ4n) is 2.22. The van der Waals surface area contributed by atoms with Crippen molar-refractivity contribution in [3.63, 3.8) is 0 Å². The van der Waals surface area contributed by atoms with Gasteiger partial charge in [0.15, 0.2) is 0 Å². The Morgan fingerprint density at radius 1 is 1.39 bits per heavy atom. The van der Waals surface area contributed by atoms with E-state index in [0.717, 1.165) is 4.47 Å². The molecule has 1 rings (SSSR count).